The smallest absolute Gasteiger partial charge is 0.213 e. The minimum Gasteiger partial charge on any atom is -0.298 e. The Bertz CT molecular complexity index is 523. The van der Waals surface area contributed by atoms with Crippen LogP contribution in [0.1, 0.15) is 15.9 Å². The molecule has 0 aliphatic carbocycles. The van der Waals surface area contributed by atoms with Crippen LogP contribution in [0.4, 0.5) is 0 Å². The molecule has 6 heteroatoms. The summed E-state index contributed by atoms with van der Waals surface area (Å²) in [5, 5.41) is 11.9. The van der Waals surface area contributed by atoms with Crippen molar-refractivity contribution in [2.75, 3.05) is 0 Å². The van der Waals surface area contributed by atoms with E-state index in [1.807, 2.05) is 19.1 Å². The highest BCUT2D eigenvalue weighted by Crippen LogP contribution is 2.28. The number of nitrogens with zero attached hydrogens (tertiary/aromatic N) is 4. The third-order valence-corrected chi connectivity index (χ3v) is 3.32. The van der Waals surface area contributed by atoms with Gasteiger partial charge in [-0.3, -0.25) is 4.79 Å². The van der Waals surface area contributed by atoms with Gasteiger partial charge in [-0.25, -0.2) is 4.68 Å². The maximum atomic E-state index is 10.6. The topological polar surface area (TPSA) is 60.7 Å². The molecular weight excluding hydrogens is 224 g/mol. The molecule has 1 aromatic carbocycles. The zero-order valence-corrected chi connectivity index (χ0v) is 9.73. The molecule has 1 aromatic heterocycles. The van der Waals surface area contributed by atoms with E-state index in [1.165, 1.54) is 11.8 Å². The minimum absolute atomic E-state index is 0.679. The number of benzene rings is 1. The first-order valence-corrected chi connectivity index (χ1v) is 5.48. The molecule has 16 heavy (non-hydrogen) atoms. The summed E-state index contributed by atoms with van der Waals surface area (Å²) in [5.74, 6) is 0. The standard InChI is InChI=1S/C10H10N4OS/c1-7-5-8(6-15)3-4-9(7)16-10-11-12-13-14(10)2/h3-6H,1-2H3. The highest BCUT2D eigenvalue weighted by atomic mass is 32.2. The molecule has 82 valence electrons. The SMILES string of the molecule is Cc1cc(C=O)ccc1Sc1nnnn1C. The predicted molar refractivity (Wildman–Crippen MR) is 59.5 cm³/mol. The summed E-state index contributed by atoms with van der Waals surface area (Å²) in [6, 6.07) is 5.53. The Morgan fingerprint density at radius 1 is 1.44 bits per heavy atom. The van der Waals surface area contributed by atoms with Crippen LogP contribution in [0.3, 0.4) is 0 Å². The largest absolute Gasteiger partial charge is 0.298 e. The van der Waals surface area contributed by atoms with Gasteiger partial charge in [0.05, 0.1) is 0 Å². The molecule has 0 N–H and O–H groups in total. The van der Waals surface area contributed by atoms with Gasteiger partial charge >= 0.3 is 0 Å². The summed E-state index contributed by atoms with van der Waals surface area (Å²) in [5.41, 5.74) is 1.72. The van der Waals surface area contributed by atoms with Crippen molar-refractivity contribution in [1.82, 2.24) is 20.2 Å². The lowest BCUT2D eigenvalue weighted by atomic mass is 10.2. The highest BCUT2D eigenvalue weighted by Gasteiger charge is 2.07. The number of hydrogen-bond acceptors (Lipinski definition) is 5. The summed E-state index contributed by atoms with van der Waals surface area (Å²) < 4.78 is 1.61. The number of rotatable bonds is 3. The third-order valence-electron chi connectivity index (χ3n) is 2.12. The van der Waals surface area contributed by atoms with E-state index in [-0.39, 0.29) is 0 Å². The van der Waals surface area contributed by atoms with Crippen LogP contribution in [0.25, 0.3) is 0 Å². The Kier molecular flexibility index (Phi) is 3.00. The van der Waals surface area contributed by atoms with Crippen LogP contribution in [-0.4, -0.2) is 26.5 Å². The lowest BCUT2D eigenvalue weighted by molar-refractivity contribution is 0.112. The first-order chi connectivity index (χ1) is 7.70. The molecule has 5 nitrogen and oxygen atoms in total. The second-order valence-corrected chi connectivity index (χ2v) is 4.34. The van der Waals surface area contributed by atoms with Gasteiger partial charge in [0.2, 0.25) is 5.16 Å². The van der Waals surface area contributed by atoms with Crippen LogP contribution < -0.4 is 0 Å². The highest BCUT2D eigenvalue weighted by molar-refractivity contribution is 7.99. The van der Waals surface area contributed by atoms with Crippen molar-refractivity contribution in [2.24, 2.45) is 7.05 Å². The van der Waals surface area contributed by atoms with Gasteiger partial charge in [-0.2, -0.15) is 0 Å². The Morgan fingerprint density at radius 3 is 2.81 bits per heavy atom. The van der Waals surface area contributed by atoms with Gasteiger partial charge in [-0.15, -0.1) is 5.10 Å². The van der Waals surface area contributed by atoms with E-state index in [4.69, 9.17) is 0 Å². The van der Waals surface area contributed by atoms with Crippen LogP contribution in [0.2, 0.25) is 0 Å². The van der Waals surface area contributed by atoms with E-state index >= 15 is 0 Å². The summed E-state index contributed by atoms with van der Waals surface area (Å²) in [6.07, 6.45) is 0.839. The summed E-state index contributed by atoms with van der Waals surface area (Å²) in [7, 11) is 1.79. The maximum absolute atomic E-state index is 10.6. The lowest BCUT2D eigenvalue weighted by Crippen LogP contribution is -1.93. The normalized spacial score (nSPS) is 10.4. The number of carbonyl (C=O) groups is 1. The molecule has 0 amide bonds. The zero-order valence-electron chi connectivity index (χ0n) is 8.91. The molecular formula is C10H10N4OS. The van der Waals surface area contributed by atoms with Crippen LogP contribution >= 0.6 is 11.8 Å². The van der Waals surface area contributed by atoms with Gasteiger partial charge < -0.3 is 0 Å². The van der Waals surface area contributed by atoms with Crippen molar-refractivity contribution < 1.29 is 4.79 Å². The molecule has 0 radical (unpaired) electrons. The summed E-state index contributed by atoms with van der Waals surface area (Å²) in [4.78, 5) is 11.6. The number of tetrazole rings is 1. The van der Waals surface area contributed by atoms with Crippen molar-refractivity contribution in [2.45, 2.75) is 17.0 Å². The van der Waals surface area contributed by atoms with E-state index in [2.05, 4.69) is 15.5 Å². The molecule has 0 atom stereocenters. The van der Waals surface area contributed by atoms with E-state index in [0.717, 1.165) is 21.9 Å². The monoisotopic (exact) mass is 234 g/mol. The molecule has 2 aromatic rings. The number of aromatic nitrogens is 4. The molecule has 0 aliphatic heterocycles. The Labute approximate surface area is 96.9 Å². The van der Waals surface area contributed by atoms with Crippen molar-refractivity contribution in [3.8, 4) is 0 Å². The number of aldehydes is 1. The Hall–Kier alpha value is -1.69. The fourth-order valence-electron chi connectivity index (χ4n) is 1.27. The molecule has 0 spiro atoms. The van der Waals surface area contributed by atoms with Crippen LogP contribution in [-0.2, 0) is 7.05 Å². The van der Waals surface area contributed by atoms with Gasteiger partial charge in [0.1, 0.15) is 6.29 Å². The first-order valence-electron chi connectivity index (χ1n) is 4.67. The molecule has 0 aliphatic rings. The molecule has 1 heterocycles. The first kappa shape index (κ1) is 10.8. The number of carbonyl (C=O) groups excluding carboxylic acids is 1. The van der Waals surface area contributed by atoms with Gasteiger partial charge in [0.15, 0.2) is 0 Å². The van der Waals surface area contributed by atoms with E-state index in [0.29, 0.717) is 5.56 Å². The predicted octanol–water partition coefficient (Wildman–Crippen LogP) is 1.48. The fraction of sp³-hybridized carbons (Fsp3) is 0.200. The molecule has 0 unspecified atom stereocenters. The average molecular weight is 234 g/mol. The van der Waals surface area contributed by atoms with Gasteiger partial charge in [-0.05, 0) is 46.8 Å². The van der Waals surface area contributed by atoms with Gasteiger partial charge in [-0.1, -0.05) is 6.07 Å². The second-order valence-electron chi connectivity index (χ2n) is 3.33. The quantitative estimate of drug-likeness (QED) is 0.753. The fourth-order valence-corrected chi connectivity index (χ4v) is 2.07. The van der Waals surface area contributed by atoms with E-state index in [9.17, 15) is 4.79 Å². The average Bonchev–Trinajstić information content (AvgIpc) is 2.67. The van der Waals surface area contributed by atoms with Crippen LogP contribution in [0.5, 0.6) is 0 Å². The lowest BCUT2D eigenvalue weighted by Gasteiger charge is -2.04. The van der Waals surface area contributed by atoms with Crippen molar-refractivity contribution in [1.29, 1.82) is 0 Å². The Balaban J connectivity index is 2.29. The molecule has 0 bridgehead atoms. The van der Waals surface area contributed by atoms with Crippen molar-refractivity contribution in [3.63, 3.8) is 0 Å². The van der Waals surface area contributed by atoms with Crippen molar-refractivity contribution in [3.05, 3.63) is 29.3 Å². The molecule has 0 saturated carbocycles. The van der Waals surface area contributed by atoms with Gasteiger partial charge in [0.25, 0.3) is 0 Å². The van der Waals surface area contributed by atoms with Crippen molar-refractivity contribution >= 4 is 18.0 Å². The van der Waals surface area contributed by atoms with Crippen LogP contribution in [0.15, 0.2) is 28.3 Å². The minimum atomic E-state index is 0.679. The summed E-state index contributed by atoms with van der Waals surface area (Å²) >= 11 is 1.48. The summed E-state index contributed by atoms with van der Waals surface area (Å²) in [6.45, 7) is 1.96. The number of aryl methyl sites for hydroxylation is 2. The van der Waals surface area contributed by atoms with Crippen LogP contribution in [0, 0.1) is 6.92 Å². The van der Waals surface area contributed by atoms with Gasteiger partial charge in [0, 0.05) is 17.5 Å². The second kappa shape index (κ2) is 4.44. The van der Waals surface area contributed by atoms with E-state index < -0.39 is 0 Å². The maximum Gasteiger partial charge on any atom is 0.213 e. The third kappa shape index (κ3) is 2.11. The molecule has 0 fully saturated rings. The molecule has 0 saturated heterocycles. The molecule has 2 rings (SSSR count). The number of hydrogen-bond donors (Lipinski definition) is 0. The zero-order chi connectivity index (χ0) is 11.5. The van der Waals surface area contributed by atoms with E-state index in [1.54, 1.807) is 17.8 Å². The Morgan fingerprint density at radius 2 is 2.25 bits per heavy atom.